The van der Waals surface area contributed by atoms with Gasteiger partial charge in [0.2, 0.25) is 5.76 Å². The Balaban J connectivity index is 1.86. The van der Waals surface area contributed by atoms with Crippen LogP contribution in [0.5, 0.6) is 11.5 Å². The first-order chi connectivity index (χ1) is 11.2. The van der Waals surface area contributed by atoms with Crippen LogP contribution in [0.2, 0.25) is 0 Å². The van der Waals surface area contributed by atoms with E-state index in [4.69, 9.17) is 19.0 Å². The van der Waals surface area contributed by atoms with Crippen molar-refractivity contribution in [3.05, 3.63) is 47.9 Å². The molecule has 1 aromatic heterocycles. The lowest BCUT2D eigenvalue weighted by Crippen LogP contribution is -2.02. The second-order valence-corrected chi connectivity index (χ2v) is 4.83. The van der Waals surface area contributed by atoms with E-state index in [9.17, 15) is 10.1 Å². The second-order valence-electron chi connectivity index (χ2n) is 4.83. The Labute approximate surface area is 133 Å². The molecule has 1 aromatic carbocycles. The Morgan fingerprint density at radius 3 is 2.65 bits per heavy atom. The minimum Gasteiger partial charge on any atom is -0.493 e. The number of aromatic carboxylic acids is 1. The Morgan fingerprint density at radius 1 is 1.30 bits per heavy atom. The minimum atomic E-state index is -1.15. The first kappa shape index (κ1) is 16.4. The van der Waals surface area contributed by atoms with Gasteiger partial charge >= 0.3 is 5.97 Å². The number of nitriles is 1. The van der Waals surface area contributed by atoms with Gasteiger partial charge in [-0.25, -0.2) is 4.79 Å². The van der Waals surface area contributed by atoms with Gasteiger partial charge < -0.3 is 19.0 Å². The highest BCUT2D eigenvalue weighted by molar-refractivity contribution is 5.84. The molecule has 1 heterocycles. The van der Waals surface area contributed by atoms with Crippen LogP contribution in [0.3, 0.4) is 0 Å². The van der Waals surface area contributed by atoms with Crippen molar-refractivity contribution >= 4 is 5.97 Å². The predicted molar refractivity (Wildman–Crippen MR) is 81.7 cm³/mol. The molecule has 2 aromatic rings. The van der Waals surface area contributed by atoms with E-state index >= 15 is 0 Å². The van der Waals surface area contributed by atoms with Crippen LogP contribution in [0.4, 0.5) is 0 Å². The average molecular weight is 315 g/mol. The third kappa shape index (κ3) is 4.27. The molecule has 0 amide bonds. The quantitative estimate of drug-likeness (QED) is 0.750. The fourth-order valence-electron chi connectivity index (χ4n) is 2.13. The van der Waals surface area contributed by atoms with E-state index < -0.39 is 11.9 Å². The largest absolute Gasteiger partial charge is 0.493 e. The monoisotopic (exact) mass is 315 g/mol. The van der Waals surface area contributed by atoms with Gasteiger partial charge in [-0.1, -0.05) is 12.1 Å². The molecule has 1 unspecified atom stereocenters. The molecule has 0 bridgehead atoms. The Bertz CT molecular complexity index is 701. The zero-order chi connectivity index (χ0) is 16.7. The fraction of sp³-hybridized carbons (Fsp3) is 0.294. The van der Waals surface area contributed by atoms with Crippen molar-refractivity contribution < 1.29 is 23.8 Å². The highest BCUT2D eigenvalue weighted by Gasteiger charge is 2.17. The summed E-state index contributed by atoms with van der Waals surface area (Å²) >= 11 is 0. The maximum atomic E-state index is 10.8. The van der Waals surface area contributed by atoms with Gasteiger partial charge in [-0.15, -0.1) is 0 Å². The van der Waals surface area contributed by atoms with Crippen LogP contribution < -0.4 is 9.47 Å². The molecule has 0 saturated carbocycles. The highest BCUT2D eigenvalue weighted by atomic mass is 16.5. The minimum absolute atomic E-state index is 0.162. The summed E-state index contributed by atoms with van der Waals surface area (Å²) in [7, 11) is 1.57. The standard InChI is InChI=1S/C17H17NO5/c1-21-14-6-2-3-7-15(14)22-10-4-5-12(11-18)13-8-9-16(23-13)17(19)20/h2-3,6-9,12H,4-5,10H2,1H3,(H,19,20). The molecule has 0 aliphatic heterocycles. The molecule has 6 nitrogen and oxygen atoms in total. The number of carboxylic acids is 1. The molecule has 0 fully saturated rings. The van der Waals surface area contributed by atoms with Crippen LogP contribution in [-0.4, -0.2) is 24.8 Å². The number of methoxy groups -OCH3 is 1. The molecular weight excluding hydrogens is 298 g/mol. The number of ether oxygens (including phenoxy) is 2. The van der Waals surface area contributed by atoms with Gasteiger partial charge in [0.25, 0.3) is 0 Å². The van der Waals surface area contributed by atoms with Crippen LogP contribution in [-0.2, 0) is 0 Å². The third-order valence-corrected chi connectivity index (χ3v) is 3.30. The van der Waals surface area contributed by atoms with Crippen molar-refractivity contribution in [2.24, 2.45) is 0 Å². The topological polar surface area (TPSA) is 92.7 Å². The normalized spacial score (nSPS) is 11.5. The van der Waals surface area contributed by atoms with Gasteiger partial charge in [-0.2, -0.15) is 5.26 Å². The molecule has 1 atom stereocenters. The first-order valence-corrected chi connectivity index (χ1v) is 7.14. The summed E-state index contributed by atoms with van der Waals surface area (Å²) in [5.74, 6) is -0.138. The van der Waals surface area contributed by atoms with Gasteiger partial charge in [-0.3, -0.25) is 0 Å². The number of para-hydroxylation sites is 2. The highest BCUT2D eigenvalue weighted by Crippen LogP contribution is 2.27. The molecule has 23 heavy (non-hydrogen) atoms. The van der Waals surface area contributed by atoms with Gasteiger partial charge in [0.05, 0.1) is 19.8 Å². The van der Waals surface area contributed by atoms with Crippen LogP contribution in [0.25, 0.3) is 0 Å². The van der Waals surface area contributed by atoms with Crippen molar-refractivity contribution in [3.63, 3.8) is 0 Å². The van der Waals surface area contributed by atoms with Crippen LogP contribution >= 0.6 is 0 Å². The molecule has 0 aliphatic carbocycles. The summed E-state index contributed by atoms with van der Waals surface area (Å²) < 4.78 is 16.0. The van der Waals surface area contributed by atoms with E-state index in [0.717, 1.165) is 0 Å². The summed E-state index contributed by atoms with van der Waals surface area (Å²) in [6.07, 6.45) is 1.14. The first-order valence-electron chi connectivity index (χ1n) is 7.14. The van der Waals surface area contributed by atoms with E-state index in [0.29, 0.717) is 36.7 Å². The number of nitrogens with zero attached hydrogens (tertiary/aromatic N) is 1. The van der Waals surface area contributed by atoms with Crippen LogP contribution in [0, 0.1) is 11.3 Å². The maximum absolute atomic E-state index is 10.8. The number of benzene rings is 1. The van der Waals surface area contributed by atoms with Crippen LogP contribution in [0.15, 0.2) is 40.8 Å². The summed E-state index contributed by atoms with van der Waals surface area (Å²) in [5, 5.41) is 18.0. The zero-order valence-electron chi connectivity index (χ0n) is 12.7. The number of carbonyl (C=O) groups is 1. The zero-order valence-corrected chi connectivity index (χ0v) is 12.7. The lowest BCUT2D eigenvalue weighted by molar-refractivity contribution is 0.0660. The molecule has 0 spiro atoms. The molecule has 6 heteroatoms. The lowest BCUT2D eigenvalue weighted by Gasteiger charge is -2.11. The summed E-state index contributed by atoms with van der Waals surface area (Å²) in [4.78, 5) is 10.8. The molecule has 0 radical (unpaired) electrons. The Morgan fingerprint density at radius 2 is 2.04 bits per heavy atom. The van der Waals surface area contributed by atoms with Crippen LogP contribution in [0.1, 0.15) is 35.1 Å². The molecule has 2 rings (SSSR count). The fourth-order valence-corrected chi connectivity index (χ4v) is 2.13. The second kappa shape index (κ2) is 7.90. The summed E-state index contributed by atoms with van der Waals surface area (Å²) in [5.41, 5.74) is 0. The SMILES string of the molecule is COc1ccccc1OCCCC(C#N)c1ccc(C(=O)O)o1. The van der Waals surface area contributed by atoms with Gasteiger partial charge in [0, 0.05) is 0 Å². The van der Waals surface area contributed by atoms with Gasteiger partial charge in [-0.05, 0) is 37.1 Å². The molecular formula is C17H17NO5. The molecule has 0 saturated heterocycles. The molecule has 1 N–H and O–H groups in total. The smallest absolute Gasteiger partial charge is 0.371 e. The van der Waals surface area contributed by atoms with Crippen molar-refractivity contribution in [1.82, 2.24) is 0 Å². The van der Waals surface area contributed by atoms with E-state index in [1.54, 1.807) is 7.11 Å². The Hall–Kier alpha value is -2.94. The maximum Gasteiger partial charge on any atom is 0.371 e. The van der Waals surface area contributed by atoms with E-state index in [1.807, 2.05) is 24.3 Å². The summed E-state index contributed by atoms with van der Waals surface area (Å²) in [6.45, 7) is 0.422. The summed E-state index contributed by atoms with van der Waals surface area (Å²) in [6, 6.07) is 12.3. The predicted octanol–water partition coefficient (Wildman–Crippen LogP) is 3.45. The Kier molecular flexibility index (Phi) is 5.64. The molecule has 120 valence electrons. The van der Waals surface area contributed by atoms with Crippen molar-refractivity contribution in [2.45, 2.75) is 18.8 Å². The van der Waals surface area contributed by atoms with E-state index in [2.05, 4.69) is 6.07 Å². The number of carboxylic acid groups (broad SMARTS) is 1. The van der Waals surface area contributed by atoms with Crippen molar-refractivity contribution in [2.75, 3.05) is 13.7 Å². The van der Waals surface area contributed by atoms with Crippen molar-refractivity contribution in [3.8, 4) is 17.6 Å². The van der Waals surface area contributed by atoms with Crippen molar-refractivity contribution in [1.29, 1.82) is 5.26 Å². The number of hydrogen-bond acceptors (Lipinski definition) is 5. The van der Waals surface area contributed by atoms with Gasteiger partial charge in [0.15, 0.2) is 11.5 Å². The average Bonchev–Trinajstić information content (AvgIpc) is 3.05. The van der Waals surface area contributed by atoms with Gasteiger partial charge in [0.1, 0.15) is 11.7 Å². The van der Waals surface area contributed by atoms with E-state index in [1.165, 1.54) is 12.1 Å². The third-order valence-electron chi connectivity index (χ3n) is 3.30. The lowest BCUT2D eigenvalue weighted by atomic mass is 10.0. The number of furan rings is 1. The number of hydrogen-bond donors (Lipinski definition) is 1. The number of rotatable bonds is 8. The van der Waals surface area contributed by atoms with E-state index in [-0.39, 0.29) is 5.76 Å². The molecule has 0 aliphatic rings.